The molecule has 0 radical (unpaired) electrons. The van der Waals surface area contributed by atoms with Gasteiger partial charge >= 0.3 is 0 Å². The van der Waals surface area contributed by atoms with Gasteiger partial charge in [0.2, 0.25) is 0 Å². The fourth-order valence-corrected chi connectivity index (χ4v) is 1.53. The van der Waals surface area contributed by atoms with Gasteiger partial charge < -0.3 is 11.1 Å². The summed E-state index contributed by atoms with van der Waals surface area (Å²) in [7, 11) is 0. The summed E-state index contributed by atoms with van der Waals surface area (Å²) in [4.78, 5) is 11.6. The molecule has 0 aromatic heterocycles. The molecule has 0 unspecified atom stereocenters. The van der Waals surface area contributed by atoms with E-state index in [4.69, 9.17) is 5.73 Å². The maximum absolute atomic E-state index is 13.3. The van der Waals surface area contributed by atoms with E-state index in [1.807, 2.05) is 0 Å². The van der Waals surface area contributed by atoms with Crippen LogP contribution in [0.1, 0.15) is 29.6 Å². The molecular formula is C11H13FN2O. The van der Waals surface area contributed by atoms with Crippen LogP contribution in [0.25, 0.3) is 0 Å². The molecule has 1 aliphatic carbocycles. The lowest BCUT2D eigenvalue weighted by atomic mass is 9.93. The minimum absolute atomic E-state index is 0.0295. The number of hydrogen-bond acceptors (Lipinski definition) is 2. The van der Waals surface area contributed by atoms with E-state index in [0.717, 1.165) is 19.3 Å². The Morgan fingerprint density at radius 3 is 2.80 bits per heavy atom. The van der Waals surface area contributed by atoms with E-state index in [1.165, 1.54) is 18.2 Å². The van der Waals surface area contributed by atoms with Gasteiger partial charge in [-0.1, -0.05) is 0 Å². The van der Waals surface area contributed by atoms with Crippen LogP contribution in [0.15, 0.2) is 18.2 Å². The second-order valence-electron chi connectivity index (χ2n) is 3.84. The minimum atomic E-state index is -0.527. The maximum atomic E-state index is 13.3. The van der Waals surface area contributed by atoms with E-state index in [1.54, 1.807) is 0 Å². The van der Waals surface area contributed by atoms with Gasteiger partial charge in [0.25, 0.3) is 5.91 Å². The lowest BCUT2D eigenvalue weighted by molar-refractivity contribution is 0.0913. The highest BCUT2D eigenvalue weighted by atomic mass is 19.1. The molecule has 1 aromatic carbocycles. The first-order valence-electron chi connectivity index (χ1n) is 5.02. The Bertz CT molecular complexity index is 388. The summed E-state index contributed by atoms with van der Waals surface area (Å²) in [6.07, 6.45) is 3.09. The highest BCUT2D eigenvalue weighted by Crippen LogP contribution is 2.19. The highest BCUT2D eigenvalue weighted by molar-refractivity contribution is 5.95. The van der Waals surface area contributed by atoms with Crippen LogP contribution in [0.2, 0.25) is 0 Å². The molecule has 1 saturated carbocycles. The summed E-state index contributed by atoms with van der Waals surface area (Å²) < 4.78 is 13.3. The average Bonchev–Trinajstić information content (AvgIpc) is 2.15. The van der Waals surface area contributed by atoms with Crippen LogP contribution in [0.5, 0.6) is 0 Å². The van der Waals surface area contributed by atoms with Crippen molar-refractivity contribution in [2.24, 2.45) is 0 Å². The highest BCUT2D eigenvalue weighted by Gasteiger charge is 2.21. The fraction of sp³-hybridized carbons (Fsp3) is 0.364. The van der Waals surface area contributed by atoms with Gasteiger partial charge in [0.1, 0.15) is 5.82 Å². The molecule has 0 saturated heterocycles. The summed E-state index contributed by atoms with van der Waals surface area (Å²) in [6, 6.07) is 4.22. The monoisotopic (exact) mass is 208 g/mol. The van der Waals surface area contributed by atoms with E-state index in [9.17, 15) is 9.18 Å². The Morgan fingerprint density at radius 1 is 1.47 bits per heavy atom. The standard InChI is InChI=1S/C11H13FN2O/c12-10-5-4-7(13)6-9(10)11(15)14-8-2-1-3-8/h4-6,8H,1-3,13H2,(H,14,15). The van der Waals surface area contributed by atoms with Crippen LogP contribution in [0.4, 0.5) is 10.1 Å². The number of carbonyl (C=O) groups excluding carboxylic acids is 1. The van der Waals surface area contributed by atoms with Crippen LogP contribution in [0, 0.1) is 5.82 Å². The van der Waals surface area contributed by atoms with E-state index >= 15 is 0 Å². The van der Waals surface area contributed by atoms with E-state index in [0.29, 0.717) is 5.69 Å². The molecule has 4 heteroatoms. The van der Waals surface area contributed by atoms with Gasteiger partial charge in [-0.2, -0.15) is 0 Å². The number of carbonyl (C=O) groups is 1. The van der Waals surface area contributed by atoms with Gasteiger partial charge in [-0.3, -0.25) is 4.79 Å². The SMILES string of the molecule is Nc1ccc(F)c(C(=O)NC2CCC2)c1. The normalized spacial score (nSPS) is 15.8. The summed E-state index contributed by atoms with van der Waals surface area (Å²) in [5.74, 6) is -0.898. The lowest BCUT2D eigenvalue weighted by Gasteiger charge is -2.26. The number of benzene rings is 1. The van der Waals surface area contributed by atoms with Gasteiger partial charge in [-0.15, -0.1) is 0 Å². The molecule has 15 heavy (non-hydrogen) atoms. The molecule has 0 spiro atoms. The Hall–Kier alpha value is -1.58. The molecule has 80 valence electrons. The molecule has 3 nitrogen and oxygen atoms in total. The third-order valence-electron chi connectivity index (χ3n) is 2.68. The molecule has 1 fully saturated rings. The Kier molecular flexibility index (Phi) is 2.58. The van der Waals surface area contributed by atoms with E-state index in [2.05, 4.69) is 5.32 Å². The molecule has 0 atom stereocenters. The smallest absolute Gasteiger partial charge is 0.254 e. The summed E-state index contributed by atoms with van der Waals surface area (Å²) in [6.45, 7) is 0. The zero-order chi connectivity index (χ0) is 10.8. The first-order chi connectivity index (χ1) is 7.16. The summed E-state index contributed by atoms with van der Waals surface area (Å²) in [5.41, 5.74) is 5.92. The largest absolute Gasteiger partial charge is 0.399 e. The van der Waals surface area contributed by atoms with Crippen molar-refractivity contribution < 1.29 is 9.18 Å². The van der Waals surface area contributed by atoms with Gasteiger partial charge in [0.05, 0.1) is 5.56 Å². The molecule has 0 heterocycles. The molecule has 0 bridgehead atoms. The Morgan fingerprint density at radius 2 is 2.20 bits per heavy atom. The predicted molar refractivity (Wildman–Crippen MR) is 55.9 cm³/mol. The third-order valence-corrected chi connectivity index (χ3v) is 2.68. The van der Waals surface area contributed by atoms with Crippen molar-refractivity contribution in [2.75, 3.05) is 5.73 Å². The van der Waals surface area contributed by atoms with E-state index in [-0.39, 0.29) is 17.5 Å². The molecular weight excluding hydrogens is 195 g/mol. The van der Waals surface area contributed by atoms with Crippen LogP contribution in [0.3, 0.4) is 0 Å². The maximum Gasteiger partial charge on any atom is 0.254 e. The molecule has 2 rings (SSSR count). The van der Waals surface area contributed by atoms with Crippen molar-refractivity contribution in [1.82, 2.24) is 5.32 Å². The number of nitrogens with one attached hydrogen (secondary N) is 1. The number of hydrogen-bond donors (Lipinski definition) is 2. The zero-order valence-corrected chi connectivity index (χ0v) is 8.29. The Labute approximate surface area is 87.5 Å². The number of amides is 1. The van der Waals surface area contributed by atoms with Crippen molar-refractivity contribution in [3.05, 3.63) is 29.6 Å². The molecule has 3 N–H and O–H groups in total. The predicted octanol–water partition coefficient (Wildman–Crippen LogP) is 1.69. The third kappa shape index (κ3) is 2.09. The lowest BCUT2D eigenvalue weighted by Crippen LogP contribution is -2.39. The minimum Gasteiger partial charge on any atom is -0.399 e. The van der Waals surface area contributed by atoms with Crippen LogP contribution in [-0.4, -0.2) is 11.9 Å². The van der Waals surface area contributed by atoms with Crippen molar-refractivity contribution in [3.63, 3.8) is 0 Å². The van der Waals surface area contributed by atoms with Crippen LogP contribution < -0.4 is 11.1 Å². The topological polar surface area (TPSA) is 55.1 Å². The number of nitrogen functional groups attached to an aromatic ring is 1. The molecule has 0 aliphatic heterocycles. The van der Waals surface area contributed by atoms with Gasteiger partial charge in [0.15, 0.2) is 0 Å². The summed E-state index contributed by atoms with van der Waals surface area (Å²) >= 11 is 0. The number of rotatable bonds is 2. The average molecular weight is 208 g/mol. The second-order valence-corrected chi connectivity index (χ2v) is 3.84. The van der Waals surface area contributed by atoms with Crippen molar-refractivity contribution >= 4 is 11.6 Å². The van der Waals surface area contributed by atoms with Crippen molar-refractivity contribution in [1.29, 1.82) is 0 Å². The van der Waals surface area contributed by atoms with Gasteiger partial charge in [0, 0.05) is 11.7 Å². The Balaban J connectivity index is 2.12. The summed E-state index contributed by atoms with van der Waals surface area (Å²) in [5, 5.41) is 2.77. The number of halogens is 1. The first kappa shape index (κ1) is 9.96. The molecule has 1 aliphatic rings. The molecule has 1 amide bonds. The van der Waals surface area contributed by atoms with Crippen LogP contribution in [-0.2, 0) is 0 Å². The first-order valence-corrected chi connectivity index (χ1v) is 5.02. The van der Waals surface area contributed by atoms with Crippen LogP contribution >= 0.6 is 0 Å². The quantitative estimate of drug-likeness (QED) is 0.727. The number of anilines is 1. The van der Waals surface area contributed by atoms with Crippen molar-refractivity contribution in [3.8, 4) is 0 Å². The number of nitrogens with two attached hydrogens (primary N) is 1. The fourth-order valence-electron chi connectivity index (χ4n) is 1.53. The zero-order valence-electron chi connectivity index (χ0n) is 8.29. The molecule has 1 aromatic rings. The van der Waals surface area contributed by atoms with E-state index < -0.39 is 5.82 Å². The van der Waals surface area contributed by atoms with Crippen molar-refractivity contribution in [2.45, 2.75) is 25.3 Å². The van der Waals surface area contributed by atoms with Gasteiger partial charge in [-0.05, 0) is 37.5 Å². The van der Waals surface area contributed by atoms with Gasteiger partial charge in [-0.25, -0.2) is 4.39 Å². The second kappa shape index (κ2) is 3.88.